The summed E-state index contributed by atoms with van der Waals surface area (Å²) < 4.78 is 5.02. The molecule has 0 atom stereocenters. The van der Waals surface area contributed by atoms with Gasteiger partial charge in [-0.1, -0.05) is 17.7 Å². The average molecular weight is 263 g/mol. The van der Waals surface area contributed by atoms with Crippen molar-refractivity contribution in [2.75, 3.05) is 5.32 Å². The van der Waals surface area contributed by atoms with Crippen LogP contribution in [0.1, 0.15) is 37.5 Å². The third-order valence-electron chi connectivity index (χ3n) is 2.50. The first-order valence-corrected chi connectivity index (χ1v) is 6.22. The molecule has 1 amide bonds. The van der Waals surface area contributed by atoms with E-state index in [2.05, 4.69) is 5.32 Å². The number of hydrogen-bond donors (Lipinski definition) is 1. The minimum absolute atomic E-state index is 0.668. The van der Waals surface area contributed by atoms with Crippen molar-refractivity contribution in [3.8, 4) is 0 Å². The van der Waals surface area contributed by atoms with E-state index in [1.807, 2.05) is 32.9 Å². The summed E-state index contributed by atoms with van der Waals surface area (Å²) >= 11 is 0. The van der Waals surface area contributed by atoms with Gasteiger partial charge in [0.15, 0.2) is 0 Å². The third-order valence-corrected chi connectivity index (χ3v) is 2.50. The molecule has 1 aromatic rings. The molecule has 0 aliphatic rings. The van der Waals surface area contributed by atoms with E-state index in [4.69, 9.17) is 4.74 Å². The fourth-order valence-electron chi connectivity index (χ4n) is 1.87. The van der Waals surface area contributed by atoms with Crippen molar-refractivity contribution in [3.63, 3.8) is 0 Å². The summed E-state index contributed by atoms with van der Waals surface area (Å²) in [6, 6.07) is 3.91. The van der Waals surface area contributed by atoms with E-state index < -0.39 is 17.5 Å². The Balaban J connectivity index is 2.86. The lowest BCUT2D eigenvalue weighted by Gasteiger charge is -2.19. The molecule has 4 heteroatoms. The van der Waals surface area contributed by atoms with Crippen LogP contribution >= 0.6 is 0 Å². The van der Waals surface area contributed by atoms with Gasteiger partial charge in [-0.05, 0) is 52.7 Å². The summed E-state index contributed by atoms with van der Waals surface area (Å²) in [6.07, 6.45) is 0. The topological polar surface area (TPSA) is 55.4 Å². The van der Waals surface area contributed by atoms with Gasteiger partial charge in [-0.2, -0.15) is 0 Å². The molecule has 4 nitrogen and oxygen atoms in total. The highest BCUT2D eigenvalue weighted by atomic mass is 16.6. The molecule has 1 rings (SSSR count). The van der Waals surface area contributed by atoms with Crippen LogP contribution in [0.2, 0.25) is 0 Å². The molecule has 0 spiro atoms. The molecule has 0 aromatic heterocycles. The van der Waals surface area contributed by atoms with Gasteiger partial charge in [0.2, 0.25) is 0 Å². The second-order valence-corrected chi connectivity index (χ2v) is 5.73. The van der Waals surface area contributed by atoms with Gasteiger partial charge in [-0.3, -0.25) is 4.79 Å². The Hall–Kier alpha value is -1.84. The van der Waals surface area contributed by atoms with Crippen molar-refractivity contribution in [2.24, 2.45) is 0 Å². The zero-order valence-corrected chi connectivity index (χ0v) is 12.4. The van der Waals surface area contributed by atoms with Crippen LogP contribution in [0.3, 0.4) is 0 Å². The maximum Gasteiger partial charge on any atom is 0.397 e. The zero-order chi connectivity index (χ0) is 14.8. The van der Waals surface area contributed by atoms with Crippen LogP contribution in [-0.2, 0) is 14.3 Å². The van der Waals surface area contributed by atoms with Gasteiger partial charge in [0.25, 0.3) is 0 Å². The van der Waals surface area contributed by atoms with E-state index in [1.165, 1.54) is 0 Å². The monoisotopic (exact) mass is 263 g/mol. The molecule has 0 unspecified atom stereocenters. The number of ether oxygens (including phenoxy) is 1. The van der Waals surface area contributed by atoms with Crippen molar-refractivity contribution in [1.82, 2.24) is 0 Å². The number of benzene rings is 1. The summed E-state index contributed by atoms with van der Waals surface area (Å²) in [5.41, 5.74) is 2.96. The summed E-state index contributed by atoms with van der Waals surface area (Å²) in [5, 5.41) is 2.61. The van der Waals surface area contributed by atoms with Gasteiger partial charge in [0.1, 0.15) is 5.60 Å². The fourth-order valence-corrected chi connectivity index (χ4v) is 1.87. The van der Waals surface area contributed by atoms with E-state index >= 15 is 0 Å². The Morgan fingerprint density at radius 3 is 1.95 bits per heavy atom. The second-order valence-electron chi connectivity index (χ2n) is 5.73. The molecule has 19 heavy (non-hydrogen) atoms. The molecular weight excluding hydrogens is 242 g/mol. The first kappa shape index (κ1) is 15.2. The summed E-state index contributed by atoms with van der Waals surface area (Å²) in [4.78, 5) is 23.4. The van der Waals surface area contributed by atoms with E-state index in [9.17, 15) is 9.59 Å². The summed E-state index contributed by atoms with van der Waals surface area (Å²) in [5.74, 6) is -1.61. The highest BCUT2D eigenvalue weighted by Crippen LogP contribution is 2.22. The molecule has 0 heterocycles. The van der Waals surface area contributed by atoms with Crippen LogP contribution in [0, 0.1) is 20.8 Å². The fraction of sp³-hybridized carbons (Fsp3) is 0.467. The predicted molar refractivity (Wildman–Crippen MR) is 75.1 cm³/mol. The molecular formula is C15H21NO3. The molecule has 1 aromatic carbocycles. The second kappa shape index (κ2) is 5.43. The van der Waals surface area contributed by atoms with Crippen LogP contribution in [0.5, 0.6) is 0 Å². The van der Waals surface area contributed by atoms with Gasteiger partial charge >= 0.3 is 11.9 Å². The smallest absolute Gasteiger partial charge is 0.397 e. The first-order valence-electron chi connectivity index (χ1n) is 6.22. The molecule has 1 N–H and O–H groups in total. The minimum atomic E-state index is -0.869. The van der Waals surface area contributed by atoms with Gasteiger partial charge in [0, 0.05) is 5.69 Å². The van der Waals surface area contributed by atoms with Crippen molar-refractivity contribution in [1.29, 1.82) is 0 Å². The van der Waals surface area contributed by atoms with E-state index in [0.717, 1.165) is 16.7 Å². The highest BCUT2D eigenvalue weighted by Gasteiger charge is 2.23. The molecule has 0 fully saturated rings. The molecule has 104 valence electrons. The van der Waals surface area contributed by atoms with E-state index in [-0.39, 0.29) is 0 Å². The normalized spacial score (nSPS) is 11.1. The largest absolute Gasteiger partial charge is 0.453 e. The summed E-state index contributed by atoms with van der Waals surface area (Å²) in [6.45, 7) is 10.9. The third kappa shape index (κ3) is 4.39. The Bertz CT molecular complexity index is 490. The number of carbonyl (C=O) groups excluding carboxylic acids is 2. The number of nitrogens with one attached hydrogen (secondary N) is 1. The van der Waals surface area contributed by atoms with Crippen LogP contribution in [0.25, 0.3) is 0 Å². The number of amides is 1. The Morgan fingerprint density at radius 1 is 1.05 bits per heavy atom. The van der Waals surface area contributed by atoms with Crippen molar-refractivity contribution in [3.05, 3.63) is 28.8 Å². The number of hydrogen-bond acceptors (Lipinski definition) is 3. The number of carbonyl (C=O) groups is 2. The van der Waals surface area contributed by atoms with Crippen LogP contribution in [0.15, 0.2) is 12.1 Å². The van der Waals surface area contributed by atoms with Crippen LogP contribution in [0.4, 0.5) is 5.69 Å². The average Bonchev–Trinajstić information content (AvgIpc) is 2.20. The first-order chi connectivity index (χ1) is 8.60. The zero-order valence-electron chi connectivity index (χ0n) is 12.4. The molecule has 0 bridgehead atoms. The number of anilines is 1. The molecule has 0 aliphatic carbocycles. The molecule has 0 radical (unpaired) electrons. The van der Waals surface area contributed by atoms with Gasteiger partial charge in [-0.15, -0.1) is 0 Å². The van der Waals surface area contributed by atoms with Crippen LogP contribution < -0.4 is 5.32 Å². The SMILES string of the molecule is Cc1cc(C)c(NC(=O)C(=O)OC(C)(C)C)c(C)c1. The van der Waals surface area contributed by atoms with Gasteiger partial charge in [-0.25, -0.2) is 4.79 Å². The Labute approximate surface area is 114 Å². The maximum atomic E-state index is 11.8. The lowest BCUT2D eigenvalue weighted by Crippen LogP contribution is -2.32. The van der Waals surface area contributed by atoms with Crippen molar-refractivity contribution >= 4 is 17.6 Å². The lowest BCUT2D eigenvalue weighted by atomic mass is 10.1. The van der Waals surface area contributed by atoms with Crippen molar-refractivity contribution in [2.45, 2.75) is 47.1 Å². The Kier molecular flexibility index (Phi) is 4.35. The maximum absolute atomic E-state index is 11.8. The lowest BCUT2D eigenvalue weighted by molar-refractivity contribution is -0.161. The summed E-state index contributed by atoms with van der Waals surface area (Å²) in [7, 11) is 0. The van der Waals surface area contributed by atoms with Gasteiger partial charge in [0.05, 0.1) is 0 Å². The van der Waals surface area contributed by atoms with Crippen molar-refractivity contribution < 1.29 is 14.3 Å². The minimum Gasteiger partial charge on any atom is -0.453 e. The van der Waals surface area contributed by atoms with E-state index in [1.54, 1.807) is 20.8 Å². The molecule has 0 aliphatic heterocycles. The predicted octanol–water partition coefficient (Wildman–Crippen LogP) is 2.89. The molecule has 0 saturated carbocycles. The number of rotatable bonds is 1. The Morgan fingerprint density at radius 2 is 1.53 bits per heavy atom. The van der Waals surface area contributed by atoms with Crippen LogP contribution in [-0.4, -0.2) is 17.5 Å². The van der Waals surface area contributed by atoms with E-state index in [0.29, 0.717) is 5.69 Å². The van der Waals surface area contributed by atoms with Gasteiger partial charge < -0.3 is 10.1 Å². The standard InChI is InChI=1S/C15H21NO3/c1-9-7-10(2)12(11(3)8-9)16-13(17)14(18)19-15(4,5)6/h7-8H,1-6H3,(H,16,17). The number of esters is 1. The number of aryl methyl sites for hydroxylation is 3. The quantitative estimate of drug-likeness (QED) is 0.626. The highest BCUT2D eigenvalue weighted by molar-refractivity contribution is 6.37. The molecule has 0 saturated heterocycles.